The Kier molecular flexibility index (Phi) is 4.28. The van der Waals surface area contributed by atoms with Crippen LogP contribution >= 0.6 is 0 Å². The zero-order chi connectivity index (χ0) is 7.98. The molecule has 0 aliphatic heterocycles. The van der Waals surface area contributed by atoms with E-state index in [0.717, 1.165) is 0 Å². The number of urea groups is 1. The number of amides is 2. The van der Waals surface area contributed by atoms with Crippen molar-refractivity contribution in [1.29, 1.82) is 0 Å². The van der Waals surface area contributed by atoms with E-state index in [9.17, 15) is 9.59 Å². The fourth-order valence-corrected chi connectivity index (χ4v) is 0.428. The minimum atomic E-state index is -0.294. The molecule has 0 aliphatic rings. The van der Waals surface area contributed by atoms with E-state index in [2.05, 4.69) is 10.6 Å². The highest BCUT2D eigenvalue weighted by Gasteiger charge is 1.97. The molecule has 4 nitrogen and oxygen atoms in total. The monoisotopic (exact) mass is 144 g/mol. The molecule has 0 atom stereocenters. The molecule has 2 N–H and O–H groups in total. The first kappa shape index (κ1) is 8.94. The van der Waals surface area contributed by atoms with Gasteiger partial charge in [0.25, 0.3) is 0 Å². The molecule has 0 fully saturated rings. The average Bonchev–Trinajstić information content (AvgIpc) is 1.85. The highest BCUT2D eigenvalue weighted by atomic mass is 16.2. The highest BCUT2D eigenvalue weighted by Crippen LogP contribution is 1.66. The van der Waals surface area contributed by atoms with Crippen LogP contribution in [0.1, 0.15) is 13.8 Å². The van der Waals surface area contributed by atoms with Gasteiger partial charge in [0.15, 0.2) is 0 Å². The summed E-state index contributed by atoms with van der Waals surface area (Å²) in [6, 6.07) is -0.294. The van der Waals surface area contributed by atoms with E-state index < -0.39 is 0 Å². The lowest BCUT2D eigenvalue weighted by Gasteiger charge is -2.01. The van der Waals surface area contributed by atoms with Gasteiger partial charge in [-0.1, -0.05) is 0 Å². The topological polar surface area (TPSA) is 58.2 Å². The van der Waals surface area contributed by atoms with Crippen LogP contribution in [0.5, 0.6) is 0 Å². The third-order valence-electron chi connectivity index (χ3n) is 0.835. The maximum atomic E-state index is 10.6. The van der Waals surface area contributed by atoms with Gasteiger partial charge < -0.3 is 10.6 Å². The van der Waals surface area contributed by atoms with Gasteiger partial charge in [-0.15, -0.1) is 0 Å². The number of carbonyl (C=O) groups excluding carboxylic acids is 2. The Morgan fingerprint density at radius 1 is 1.30 bits per heavy atom. The number of nitrogens with one attached hydrogen (secondary N) is 2. The molecular formula is C6H12N2O2. The molecule has 0 aromatic heterocycles. The van der Waals surface area contributed by atoms with Gasteiger partial charge in [0.2, 0.25) is 0 Å². The van der Waals surface area contributed by atoms with Crippen LogP contribution in [0.2, 0.25) is 0 Å². The predicted molar refractivity (Wildman–Crippen MR) is 37.8 cm³/mol. The molecule has 0 unspecified atom stereocenters. The van der Waals surface area contributed by atoms with Crippen molar-refractivity contribution in [2.75, 3.05) is 13.1 Å². The molecule has 0 spiro atoms. The van der Waals surface area contributed by atoms with Crippen molar-refractivity contribution < 1.29 is 9.59 Å². The number of ketones is 1. The fourth-order valence-electron chi connectivity index (χ4n) is 0.428. The Morgan fingerprint density at radius 3 is 2.30 bits per heavy atom. The standard InChI is InChI=1S/C6H12N2O2/c1-3-7-6(10)8-4-5(2)9/h3-4H2,1-2H3,(H2,7,8,10). The lowest BCUT2D eigenvalue weighted by Crippen LogP contribution is -2.37. The summed E-state index contributed by atoms with van der Waals surface area (Å²) >= 11 is 0. The van der Waals surface area contributed by atoms with Crippen molar-refractivity contribution in [1.82, 2.24) is 10.6 Å². The van der Waals surface area contributed by atoms with E-state index in [1.54, 1.807) is 0 Å². The van der Waals surface area contributed by atoms with Crippen LogP contribution in [-0.4, -0.2) is 24.9 Å². The maximum absolute atomic E-state index is 10.6. The van der Waals surface area contributed by atoms with Crippen LogP contribution in [0.25, 0.3) is 0 Å². The zero-order valence-electron chi connectivity index (χ0n) is 6.23. The van der Waals surface area contributed by atoms with E-state index in [-0.39, 0.29) is 18.4 Å². The molecule has 10 heavy (non-hydrogen) atoms. The lowest BCUT2D eigenvalue weighted by molar-refractivity contribution is -0.116. The molecule has 0 saturated carbocycles. The number of hydrogen-bond acceptors (Lipinski definition) is 2. The number of hydrogen-bond donors (Lipinski definition) is 2. The Balaban J connectivity index is 3.30. The predicted octanol–water partition coefficient (Wildman–Crippen LogP) is -0.106. The van der Waals surface area contributed by atoms with Crippen molar-refractivity contribution in [3.63, 3.8) is 0 Å². The molecule has 0 aromatic rings. The molecule has 58 valence electrons. The van der Waals surface area contributed by atoms with Gasteiger partial charge in [-0.3, -0.25) is 4.79 Å². The second-order valence-electron chi connectivity index (χ2n) is 1.92. The first-order chi connectivity index (χ1) is 4.66. The molecule has 0 bridgehead atoms. The minimum Gasteiger partial charge on any atom is -0.338 e. The molecule has 0 radical (unpaired) electrons. The van der Waals surface area contributed by atoms with Gasteiger partial charge in [-0.2, -0.15) is 0 Å². The van der Waals surface area contributed by atoms with Crippen molar-refractivity contribution in [3.8, 4) is 0 Å². The van der Waals surface area contributed by atoms with E-state index in [1.807, 2.05) is 6.92 Å². The van der Waals surface area contributed by atoms with Gasteiger partial charge in [0.05, 0.1) is 6.54 Å². The molecule has 0 rings (SSSR count). The largest absolute Gasteiger partial charge is 0.338 e. The second-order valence-corrected chi connectivity index (χ2v) is 1.92. The summed E-state index contributed by atoms with van der Waals surface area (Å²) in [5.41, 5.74) is 0. The van der Waals surface area contributed by atoms with Crippen LogP contribution in [-0.2, 0) is 4.79 Å². The van der Waals surface area contributed by atoms with Crippen molar-refractivity contribution in [2.45, 2.75) is 13.8 Å². The average molecular weight is 144 g/mol. The van der Waals surface area contributed by atoms with Gasteiger partial charge >= 0.3 is 6.03 Å². The van der Waals surface area contributed by atoms with Crippen LogP contribution in [0.15, 0.2) is 0 Å². The van der Waals surface area contributed by atoms with E-state index >= 15 is 0 Å². The van der Waals surface area contributed by atoms with Crippen LogP contribution in [0, 0.1) is 0 Å². The zero-order valence-corrected chi connectivity index (χ0v) is 6.23. The third kappa shape index (κ3) is 5.08. The fraction of sp³-hybridized carbons (Fsp3) is 0.667. The normalized spacial score (nSPS) is 8.60. The third-order valence-corrected chi connectivity index (χ3v) is 0.835. The Bertz CT molecular complexity index is 134. The Labute approximate surface area is 60.0 Å². The Hall–Kier alpha value is -1.06. The summed E-state index contributed by atoms with van der Waals surface area (Å²) < 4.78 is 0. The van der Waals surface area contributed by atoms with Crippen LogP contribution < -0.4 is 10.6 Å². The summed E-state index contributed by atoms with van der Waals surface area (Å²) in [7, 11) is 0. The smallest absolute Gasteiger partial charge is 0.315 e. The summed E-state index contributed by atoms with van der Waals surface area (Å²) in [4.78, 5) is 20.9. The van der Waals surface area contributed by atoms with Crippen molar-refractivity contribution in [2.24, 2.45) is 0 Å². The molecule has 0 aliphatic carbocycles. The second kappa shape index (κ2) is 4.78. The molecule has 4 heteroatoms. The van der Waals surface area contributed by atoms with Gasteiger partial charge in [0.1, 0.15) is 5.78 Å². The molecule has 0 saturated heterocycles. The van der Waals surface area contributed by atoms with Crippen molar-refractivity contribution >= 4 is 11.8 Å². The summed E-state index contributed by atoms with van der Waals surface area (Å²) in [6.07, 6.45) is 0. The van der Waals surface area contributed by atoms with Crippen molar-refractivity contribution in [3.05, 3.63) is 0 Å². The first-order valence-electron chi connectivity index (χ1n) is 3.18. The van der Waals surface area contributed by atoms with Crippen LogP contribution in [0.4, 0.5) is 4.79 Å². The minimum absolute atomic E-state index is 0.0498. The summed E-state index contributed by atoms with van der Waals surface area (Å²) in [5.74, 6) is -0.0498. The maximum Gasteiger partial charge on any atom is 0.315 e. The molecule has 0 aromatic carbocycles. The van der Waals surface area contributed by atoms with Gasteiger partial charge in [-0.05, 0) is 13.8 Å². The quantitative estimate of drug-likeness (QED) is 0.581. The Morgan fingerprint density at radius 2 is 1.90 bits per heavy atom. The van der Waals surface area contributed by atoms with E-state index in [0.29, 0.717) is 6.54 Å². The van der Waals surface area contributed by atoms with Gasteiger partial charge in [0, 0.05) is 6.54 Å². The SMILES string of the molecule is CCNC(=O)NCC(C)=O. The molecule has 0 heterocycles. The molecule has 2 amide bonds. The summed E-state index contributed by atoms with van der Waals surface area (Å²) in [6.45, 7) is 3.91. The number of rotatable bonds is 3. The first-order valence-corrected chi connectivity index (χ1v) is 3.18. The van der Waals surface area contributed by atoms with E-state index in [1.165, 1.54) is 6.92 Å². The highest BCUT2D eigenvalue weighted by molar-refractivity contribution is 5.83. The van der Waals surface area contributed by atoms with Gasteiger partial charge in [-0.25, -0.2) is 4.79 Å². The lowest BCUT2D eigenvalue weighted by atomic mass is 10.4. The molecular weight excluding hydrogens is 132 g/mol. The number of carbonyl (C=O) groups is 2. The van der Waals surface area contributed by atoms with E-state index in [4.69, 9.17) is 0 Å². The summed E-state index contributed by atoms with van der Waals surface area (Å²) in [5, 5.41) is 4.88. The van der Waals surface area contributed by atoms with Crippen LogP contribution in [0.3, 0.4) is 0 Å². The number of Topliss-reactive ketones (excluding diaryl/α,β-unsaturated/α-hetero) is 1.